The second-order valence-electron chi connectivity index (χ2n) is 4.65. The summed E-state index contributed by atoms with van der Waals surface area (Å²) >= 11 is 0. The number of nitrogens with one attached hydrogen (secondary N) is 1. The van der Waals surface area contributed by atoms with Crippen molar-refractivity contribution in [3.05, 3.63) is 35.4 Å². The molecule has 3 nitrogen and oxygen atoms in total. The van der Waals surface area contributed by atoms with Gasteiger partial charge in [0.25, 0.3) is 0 Å². The smallest absolute Gasteiger partial charge is 0.224 e. The molecule has 1 aliphatic rings. The van der Waals surface area contributed by atoms with Gasteiger partial charge < -0.3 is 11.1 Å². The Balaban J connectivity index is 1.95. The van der Waals surface area contributed by atoms with Crippen molar-refractivity contribution in [2.45, 2.75) is 31.8 Å². The van der Waals surface area contributed by atoms with Crippen LogP contribution in [0.4, 0.5) is 8.78 Å². The Morgan fingerprint density at radius 3 is 2.83 bits per heavy atom. The maximum Gasteiger partial charge on any atom is 0.224 e. The molecule has 0 saturated heterocycles. The van der Waals surface area contributed by atoms with Gasteiger partial charge in [-0.15, -0.1) is 0 Å². The van der Waals surface area contributed by atoms with E-state index in [0.717, 1.165) is 37.5 Å². The van der Waals surface area contributed by atoms with Crippen LogP contribution >= 0.6 is 0 Å². The van der Waals surface area contributed by atoms with Gasteiger partial charge in [0.15, 0.2) is 0 Å². The molecule has 3 N–H and O–H groups in total. The lowest BCUT2D eigenvalue weighted by molar-refractivity contribution is -0.125. The molecule has 1 saturated carbocycles. The first kappa shape index (κ1) is 13.0. The SMILES string of the molecule is NC1CCCC1C(=O)NCc1cc(F)ccc1F. The van der Waals surface area contributed by atoms with Gasteiger partial charge in [-0.3, -0.25) is 4.79 Å². The minimum atomic E-state index is -0.521. The van der Waals surface area contributed by atoms with Gasteiger partial charge in [-0.25, -0.2) is 8.78 Å². The van der Waals surface area contributed by atoms with Crippen LogP contribution in [0.25, 0.3) is 0 Å². The molecule has 18 heavy (non-hydrogen) atoms. The van der Waals surface area contributed by atoms with Gasteiger partial charge in [0, 0.05) is 18.2 Å². The summed E-state index contributed by atoms with van der Waals surface area (Å²) in [5.41, 5.74) is 5.96. The quantitative estimate of drug-likeness (QED) is 0.862. The molecule has 0 aliphatic heterocycles. The summed E-state index contributed by atoms with van der Waals surface area (Å²) in [6, 6.07) is 3.07. The number of benzene rings is 1. The second kappa shape index (κ2) is 5.44. The molecular weight excluding hydrogens is 238 g/mol. The third kappa shape index (κ3) is 2.85. The van der Waals surface area contributed by atoms with Gasteiger partial charge in [-0.2, -0.15) is 0 Å². The topological polar surface area (TPSA) is 55.1 Å². The summed E-state index contributed by atoms with van der Waals surface area (Å²) in [7, 11) is 0. The van der Waals surface area contributed by atoms with Gasteiger partial charge >= 0.3 is 0 Å². The Morgan fingerprint density at radius 1 is 1.39 bits per heavy atom. The van der Waals surface area contributed by atoms with Crippen molar-refractivity contribution in [3.8, 4) is 0 Å². The summed E-state index contributed by atoms with van der Waals surface area (Å²) in [5.74, 6) is -1.42. The van der Waals surface area contributed by atoms with E-state index in [1.807, 2.05) is 0 Å². The zero-order valence-corrected chi connectivity index (χ0v) is 9.96. The van der Waals surface area contributed by atoms with E-state index in [2.05, 4.69) is 5.32 Å². The monoisotopic (exact) mass is 254 g/mol. The summed E-state index contributed by atoms with van der Waals surface area (Å²) in [5, 5.41) is 2.61. The summed E-state index contributed by atoms with van der Waals surface area (Å²) in [6.45, 7) is -0.00829. The third-order valence-electron chi connectivity index (χ3n) is 3.37. The molecule has 0 radical (unpaired) electrons. The van der Waals surface area contributed by atoms with E-state index in [9.17, 15) is 13.6 Å². The van der Waals surface area contributed by atoms with Crippen LogP contribution in [0.15, 0.2) is 18.2 Å². The Morgan fingerprint density at radius 2 is 2.17 bits per heavy atom. The lowest BCUT2D eigenvalue weighted by atomic mass is 10.0. The van der Waals surface area contributed by atoms with E-state index >= 15 is 0 Å². The molecule has 98 valence electrons. The van der Waals surface area contributed by atoms with E-state index in [0.29, 0.717) is 0 Å². The molecule has 2 atom stereocenters. The molecule has 0 bridgehead atoms. The molecule has 0 spiro atoms. The number of nitrogens with two attached hydrogens (primary N) is 1. The summed E-state index contributed by atoms with van der Waals surface area (Å²) in [6.07, 6.45) is 2.54. The van der Waals surface area contributed by atoms with Gasteiger partial charge in [-0.05, 0) is 31.0 Å². The molecule has 1 amide bonds. The highest BCUT2D eigenvalue weighted by atomic mass is 19.1. The predicted molar refractivity (Wildman–Crippen MR) is 63.5 cm³/mol. The van der Waals surface area contributed by atoms with Crippen molar-refractivity contribution >= 4 is 5.91 Å². The maximum absolute atomic E-state index is 13.3. The zero-order valence-electron chi connectivity index (χ0n) is 9.96. The van der Waals surface area contributed by atoms with Crippen LogP contribution in [0, 0.1) is 17.6 Å². The fourth-order valence-corrected chi connectivity index (χ4v) is 2.31. The predicted octanol–water partition coefficient (Wildman–Crippen LogP) is 1.71. The highest BCUT2D eigenvalue weighted by Crippen LogP contribution is 2.24. The van der Waals surface area contributed by atoms with Gasteiger partial charge in [0.2, 0.25) is 5.91 Å². The number of amides is 1. The summed E-state index contributed by atoms with van der Waals surface area (Å²) in [4.78, 5) is 11.8. The van der Waals surface area contributed by atoms with E-state index < -0.39 is 11.6 Å². The van der Waals surface area contributed by atoms with Crippen LogP contribution in [-0.4, -0.2) is 11.9 Å². The molecule has 5 heteroatoms. The third-order valence-corrected chi connectivity index (χ3v) is 3.37. The molecule has 1 aromatic rings. The molecule has 0 heterocycles. The Labute approximate surface area is 104 Å². The first-order valence-electron chi connectivity index (χ1n) is 6.05. The Bertz CT molecular complexity index is 451. The molecule has 2 rings (SSSR count). The average Bonchev–Trinajstić information content (AvgIpc) is 2.76. The van der Waals surface area contributed by atoms with Crippen molar-refractivity contribution in [1.29, 1.82) is 0 Å². The van der Waals surface area contributed by atoms with Gasteiger partial charge in [0.1, 0.15) is 11.6 Å². The highest BCUT2D eigenvalue weighted by Gasteiger charge is 2.29. The standard InChI is InChI=1S/C13H16F2N2O/c14-9-4-5-11(15)8(6-9)7-17-13(18)10-2-1-3-12(10)16/h4-6,10,12H,1-3,7,16H2,(H,17,18). The molecule has 1 aliphatic carbocycles. The lowest BCUT2D eigenvalue weighted by Gasteiger charge is -2.15. The van der Waals surface area contributed by atoms with Crippen molar-refractivity contribution in [1.82, 2.24) is 5.32 Å². The number of hydrogen-bond donors (Lipinski definition) is 2. The van der Waals surface area contributed by atoms with Crippen LogP contribution in [-0.2, 0) is 11.3 Å². The average molecular weight is 254 g/mol. The summed E-state index contributed by atoms with van der Waals surface area (Å²) < 4.78 is 26.3. The number of halogens is 2. The molecule has 1 aromatic carbocycles. The van der Waals surface area contributed by atoms with E-state index in [1.165, 1.54) is 0 Å². The Hall–Kier alpha value is -1.49. The minimum Gasteiger partial charge on any atom is -0.352 e. The second-order valence-corrected chi connectivity index (χ2v) is 4.65. The fourth-order valence-electron chi connectivity index (χ4n) is 2.31. The van der Waals surface area contributed by atoms with Crippen molar-refractivity contribution < 1.29 is 13.6 Å². The van der Waals surface area contributed by atoms with E-state index in [4.69, 9.17) is 5.73 Å². The number of carbonyl (C=O) groups excluding carboxylic acids is 1. The zero-order chi connectivity index (χ0) is 13.1. The van der Waals surface area contributed by atoms with Crippen LogP contribution in [0.2, 0.25) is 0 Å². The molecule has 1 fully saturated rings. The first-order chi connectivity index (χ1) is 8.58. The van der Waals surface area contributed by atoms with Crippen LogP contribution in [0.3, 0.4) is 0 Å². The van der Waals surface area contributed by atoms with Crippen LogP contribution < -0.4 is 11.1 Å². The van der Waals surface area contributed by atoms with Gasteiger partial charge in [0.05, 0.1) is 5.92 Å². The molecule has 2 unspecified atom stereocenters. The van der Waals surface area contributed by atoms with E-state index in [-0.39, 0.29) is 30.0 Å². The number of hydrogen-bond acceptors (Lipinski definition) is 2. The maximum atomic E-state index is 13.3. The molecular formula is C13H16F2N2O. The van der Waals surface area contributed by atoms with E-state index in [1.54, 1.807) is 0 Å². The fraction of sp³-hybridized carbons (Fsp3) is 0.462. The first-order valence-corrected chi connectivity index (χ1v) is 6.05. The minimum absolute atomic E-state index is 0.00829. The Kier molecular flexibility index (Phi) is 3.91. The van der Waals surface area contributed by atoms with Crippen LogP contribution in [0.5, 0.6) is 0 Å². The van der Waals surface area contributed by atoms with Crippen molar-refractivity contribution in [2.75, 3.05) is 0 Å². The van der Waals surface area contributed by atoms with Gasteiger partial charge in [-0.1, -0.05) is 6.42 Å². The largest absolute Gasteiger partial charge is 0.352 e. The normalized spacial score (nSPS) is 23.1. The van der Waals surface area contributed by atoms with Crippen molar-refractivity contribution in [2.24, 2.45) is 11.7 Å². The number of carbonyl (C=O) groups is 1. The lowest BCUT2D eigenvalue weighted by Crippen LogP contribution is -2.38. The highest BCUT2D eigenvalue weighted by molar-refractivity contribution is 5.79. The number of rotatable bonds is 3. The molecule has 0 aromatic heterocycles. The van der Waals surface area contributed by atoms with Crippen molar-refractivity contribution in [3.63, 3.8) is 0 Å². The van der Waals surface area contributed by atoms with Crippen LogP contribution in [0.1, 0.15) is 24.8 Å².